The lowest BCUT2D eigenvalue weighted by molar-refractivity contribution is -0.136. The van der Waals surface area contributed by atoms with Crippen LogP contribution in [-0.2, 0) is 9.59 Å². The second kappa shape index (κ2) is 4.54. The van der Waals surface area contributed by atoms with Crippen LogP contribution in [0.4, 0.5) is 0 Å². The van der Waals surface area contributed by atoms with Crippen LogP contribution in [0.1, 0.15) is 26.7 Å². The minimum absolute atomic E-state index is 0.192. The van der Waals surface area contributed by atoms with Gasteiger partial charge in [-0.3, -0.25) is 4.79 Å². The maximum absolute atomic E-state index is 10.5. The molecule has 0 amide bonds. The van der Waals surface area contributed by atoms with Crippen LogP contribution in [0.25, 0.3) is 0 Å². The van der Waals surface area contributed by atoms with Crippen LogP contribution in [0.5, 0.6) is 0 Å². The molecule has 0 saturated heterocycles. The van der Waals surface area contributed by atoms with Crippen molar-refractivity contribution in [1.82, 2.24) is 0 Å². The summed E-state index contributed by atoms with van der Waals surface area (Å²) < 4.78 is 0. The second-order valence-electron chi connectivity index (χ2n) is 2.49. The number of carboxylic acids is 2. The molecule has 0 atom stereocenters. The van der Waals surface area contributed by atoms with Crippen molar-refractivity contribution in [2.75, 3.05) is 0 Å². The van der Waals surface area contributed by atoms with Gasteiger partial charge in [-0.05, 0) is 13.3 Å². The van der Waals surface area contributed by atoms with E-state index in [9.17, 15) is 9.59 Å². The lowest BCUT2D eigenvalue weighted by atomic mass is 10.1. The maximum Gasteiger partial charge on any atom is 0.331 e. The van der Waals surface area contributed by atoms with Gasteiger partial charge in [-0.15, -0.1) is 0 Å². The van der Waals surface area contributed by atoms with Gasteiger partial charge in [-0.2, -0.15) is 0 Å². The monoisotopic (exact) mass is 172 g/mol. The summed E-state index contributed by atoms with van der Waals surface area (Å²) in [5, 5.41) is 17.0. The van der Waals surface area contributed by atoms with Gasteiger partial charge < -0.3 is 10.2 Å². The Morgan fingerprint density at radius 3 is 2.00 bits per heavy atom. The van der Waals surface area contributed by atoms with Gasteiger partial charge in [0, 0.05) is 5.57 Å². The summed E-state index contributed by atoms with van der Waals surface area (Å²) in [5.74, 6) is -2.03. The third-order valence-electron chi connectivity index (χ3n) is 1.54. The summed E-state index contributed by atoms with van der Waals surface area (Å²) in [6.45, 7) is 3.22. The Kier molecular flexibility index (Phi) is 4.04. The summed E-state index contributed by atoms with van der Waals surface area (Å²) in [6.07, 6.45) is 0.157. The largest absolute Gasteiger partial charge is 0.481 e. The average Bonchev–Trinajstić information content (AvgIpc) is 1.85. The van der Waals surface area contributed by atoms with Crippen molar-refractivity contribution in [2.45, 2.75) is 26.7 Å². The zero-order valence-electron chi connectivity index (χ0n) is 7.13. The molecule has 0 radical (unpaired) electrons. The second-order valence-corrected chi connectivity index (χ2v) is 2.49. The van der Waals surface area contributed by atoms with Crippen molar-refractivity contribution in [2.24, 2.45) is 0 Å². The standard InChI is InChI=1S/C8H12O4/c1-3-6(8(11)12)5(2)4-7(9)10/h3-4H2,1-2H3,(H,9,10)(H,11,12)/b6-5-. The molecule has 0 unspecified atom stereocenters. The number of hydrogen-bond acceptors (Lipinski definition) is 2. The summed E-state index contributed by atoms with van der Waals surface area (Å²) >= 11 is 0. The summed E-state index contributed by atoms with van der Waals surface area (Å²) in [6, 6.07) is 0. The lowest BCUT2D eigenvalue weighted by Crippen LogP contribution is -2.05. The predicted molar refractivity (Wildman–Crippen MR) is 42.9 cm³/mol. The van der Waals surface area contributed by atoms with Gasteiger partial charge in [0.25, 0.3) is 0 Å². The van der Waals surface area contributed by atoms with Gasteiger partial charge in [0.1, 0.15) is 0 Å². The molecule has 4 nitrogen and oxygen atoms in total. The van der Waals surface area contributed by atoms with Crippen LogP contribution in [0, 0.1) is 0 Å². The zero-order valence-corrected chi connectivity index (χ0v) is 7.13. The van der Waals surface area contributed by atoms with E-state index in [0.29, 0.717) is 12.0 Å². The maximum atomic E-state index is 10.5. The fourth-order valence-electron chi connectivity index (χ4n) is 0.969. The minimum atomic E-state index is -1.03. The number of aliphatic carboxylic acids is 2. The normalized spacial score (nSPS) is 12.2. The molecular formula is C8H12O4. The molecule has 2 N–H and O–H groups in total. The Morgan fingerprint density at radius 1 is 1.25 bits per heavy atom. The molecule has 0 aliphatic carbocycles. The molecule has 0 aromatic carbocycles. The molecule has 0 aliphatic rings. The molecule has 12 heavy (non-hydrogen) atoms. The first kappa shape index (κ1) is 10.7. The highest BCUT2D eigenvalue weighted by atomic mass is 16.4. The van der Waals surface area contributed by atoms with Crippen molar-refractivity contribution < 1.29 is 19.8 Å². The van der Waals surface area contributed by atoms with Gasteiger partial charge in [0.2, 0.25) is 0 Å². The van der Waals surface area contributed by atoms with E-state index in [-0.39, 0.29) is 12.0 Å². The quantitative estimate of drug-likeness (QED) is 0.626. The van der Waals surface area contributed by atoms with E-state index in [4.69, 9.17) is 10.2 Å². The van der Waals surface area contributed by atoms with Crippen LogP contribution in [-0.4, -0.2) is 22.2 Å². The molecule has 0 heterocycles. The highest BCUT2D eigenvalue weighted by molar-refractivity contribution is 5.88. The van der Waals surface area contributed by atoms with E-state index in [1.54, 1.807) is 6.92 Å². The zero-order chi connectivity index (χ0) is 9.72. The van der Waals surface area contributed by atoms with Crippen LogP contribution >= 0.6 is 0 Å². The molecule has 0 saturated carbocycles. The van der Waals surface area contributed by atoms with E-state index in [2.05, 4.69) is 0 Å². The third kappa shape index (κ3) is 3.18. The van der Waals surface area contributed by atoms with Crippen molar-refractivity contribution in [3.05, 3.63) is 11.1 Å². The Bertz CT molecular complexity index is 227. The summed E-state index contributed by atoms with van der Waals surface area (Å²) in [4.78, 5) is 20.7. The number of rotatable bonds is 4. The highest BCUT2D eigenvalue weighted by Gasteiger charge is 2.10. The van der Waals surface area contributed by atoms with E-state index < -0.39 is 11.9 Å². The van der Waals surface area contributed by atoms with Gasteiger partial charge in [0.15, 0.2) is 0 Å². The summed E-state index contributed by atoms with van der Waals surface area (Å²) in [7, 11) is 0. The van der Waals surface area contributed by atoms with Gasteiger partial charge >= 0.3 is 11.9 Å². The molecule has 0 fully saturated rings. The first-order chi connectivity index (χ1) is 5.49. The van der Waals surface area contributed by atoms with E-state index >= 15 is 0 Å². The molecular weight excluding hydrogens is 160 g/mol. The Hall–Kier alpha value is -1.32. The average molecular weight is 172 g/mol. The Morgan fingerprint density at radius 2 is 1.75 bits per heavy atom. The molecule has 68 valence electrons. The highest BCUT2D eigenvalue weighted by Crippen LogP contribution is 2.11. The topological polar surface area (TPSA) is 74.6 Å². The first-order valence-corrected chi connectivity index (χ1v) is 3.62. The number of hydrogen-bond donors (Lipinski definition) is 2. The Balaban J connectivity index is 4.60. The number of carboxylic acid groups (broad SMARTS) is 2. The molecule has 0 aliphatic heterocycles. The fourth-order valence-corrected chi connectivity index (χ4v) is 0.969. The molecule has 0 spiro atoms. The first-order valence-electron chi connectivity index (χ1n) is 3.62. The van der Waals surface area contributed by atoms with Gasteiger partial charge in [-0.1, -0.05) is 12.5 Å². The van der Waals surface area contributed by atoms with Crippen LogP contribution < -0.4 is 0 Å². The Labute approximate surface area is 70.5 Å². The van der Waals surface area contributed by atoms with Gasteiger partial charge in [-0.25, -0.2) is 4.79 Å². The lowest BCUT2D eigenvalue weighted by Gasteiger charge is -2.02. The predicted octanol–water partition coefficient (Wildman–Crippen LogP) is 1.27. The molecule has 4 heteroatoms. The van der Waals surface area contributed by atoms with Crippen LogP contribution in [0.15, 0.2) is 11.1 Å². The van der Waals surface area contributed by atoms with Crippen molar-refractivity contribution in [3.63, 3.8) is 0 Å². The molecule has 0 bridgehead atoms. The molecule has 0 rings (SSSR count). The van der Waals surface area contributed by atoms with E-state index in [0.717, 1.165) is 0 Å². The smallest absolute Gasteiger partial charge is 0.331 e. The molecule has 0 aromatic rings. The number of carbonyl (C=O) groups is 2. The van der Waals surface area contributed by atoms with E-state index in [1.165, 1.54) is 6.92 Å². The third-order valence-corrected chi connectivity index (χ3v) is 1.54. The fraction of sp³-hybridized carbons (Fsp3) is 0.500. The minimum Gasteiger partial charge on any atom is -0.481 e. The van der Waals surface area contributed by atoms with Crippen molar-refractivity contribution >= 4 is 11.9 Å². The molecule has 0 aromatic heterocycles. The van der Waals surface area contributed by atoms with E-state index in [1.807, 2.05) is 0 Å². The van der Waals surface area contributed by atoms with Crippen LogP contribution in [0.2, 0.25) is 0 Å². The van der Waals surface area contributed by atoms with Gasteiger partial charge in [0.05, 0.1) is 6.42 Å². The summed E-state index contributed by atoms with van der Waals surface area (Å²) in [5.41, 5.74) is 0.606. The SMILES string of the molecule is CC/C(C(=O)O)=C(\C)CC(=O)O. The van der Waals surface area contributed by atoms with Crippen LogP contribution in [0.3, 0.4) is 0 Å². The van der Waals surface area contributed by atoms with Crippen molar-refractivity contribution in [1.29, 1.82) is 0 Å². The van der Waals surface area contributed by atoms with Crippen molar-refractivity contribution in [3.8, 4) is 0 Å².